The molecule has 0 aliphatic carbocycles. The van der Waals surface area contributed by atoms with Gasteiger partial charge in [-0.25, -0.2) is 0 Å². The second kappa shape index (κ2) is 8.34. The molecule has 0 unspecified atom stereocenters. The fourth-order valence-electron chi connectivity index (χ4n) is 3.09. The van der Waals surface area contributed by atoms with Crippen molar-refractivity contribution in [3.8, 4) is 0 Å². The van der Waals surface area contributed by atoms with Crippen LogP contribution < -0.4 is 0 Å². The van der Waals surface area contributed by atoms with E-state index in [1.807, 2.05) is 18.2 Å². The molecule has 0 saturated carbocycles. The maximum Gasteiger partial charge on any atom is 0.152 e. The van der Waals surface area contributed by atoms with E-state index in [1.54, 1.807) is 11.8 Å². The van der Waals surface area contributed by atoms with Crippen molar-refractivity contribution in [1.29, 1.82) is 0 Å². The van der Waals surface area contributed by atoms with Crippen LogP contribution in [0.15, 0.2) is 91.0 Å². The number of aliphatic hydroxyl groups excluding tert-OH is 1. The molecule has 0 bridgehead atoms. The zero-order chi connectivity index (χ0) is 17.5. The Kier molecular flexibility index (Phi) is 5.92. The molecule has 0 aliphatic heterocycles. The average molecular weight is 350 g/mol. The van der Waals surface area contributed by atoms with E-state index >= 15 is 0 Å². The third-order valence-electron chi connectivity index (χ3n) is 4.24. The highest BCUT2D eigenvalue weighted by molar-refractivity contribution is 8.00. The molecule has 128 valence electrons. The first-order chi connectivity index (χ1) is 12.2. The van der Waals surface area contributed by atoms with Gasteiger partial charge in [-0.3, -0.25) is 0 Å². The van der Waals surface area contributed by atoms with Gasteiger partial charge in [-0.1, -0.05) is 91.0 Å². The molecule has 25 heavy (non-hydrogen) atoms. The number of thioether (sulfide) groups is 1. The summed E-state index contributed by atoms with van der Waals surface area (Å²) in [6.45, 7) is 0. The molecule has 0 fully saturated rings. The Morgan fingerprint density at radius 3 is 1.32 bits per heavy atom. The Hall–Kier alpha value is -2.07. The van der Waals surface area contributed by atoms with Crippen LogP contribution in [0.5, 0.6) is 0 Å². The first-order valence-corrected chi connectivity index (χ1v) is 9.39. The van der Waals surface area contributed by atoms with Crippen LogP contribution in [0, 0.1) is 0 Å². The summed E-state index contributed by atoms with van der Waals surface area (Å²) in [7, 11) is 0. The molecule has 0 heterocycles. The van der Waals surface area contributed by atoms with E-state index in [4.69, 9.17) is 0 Å². The van der Waals surface area contributed by atoms with Crippen LogP contribution >= 0.6 is 11.8 Å². The molecule has 3 heteroatoms. The Morgan fingerprint density at radius 2 is 1.00 bits per heavy atom. The second-order valence-electron chi connectivity index (χ2n) is 5.90. The molecule has 0 aliphatic rings. The van der Waals surface area contributed by atoms with Crippen LogP contribution in [0.4, 0.5) is 0 Å². The monoisotopic (exact) mass is 350 g/mol. The van der Waals surface area contributed by atoms with Crippen molar-refractivity contribution >= 4 is 11.8 Å². The normalized spacial score (nSPS) is 11.6. The van der Waals surface area contributed by atoms with Crippen molar-refractivity contribution in [1.82, 2.24) is 0 Å². The van der Waals surface area contributed by atoms with E-state index in [9.17, 15) is 10.2 Å². The summed E-state index contributed by atoms with van der Waals surface area (Å²) < 4.78 is -0.390. The summed E-state index contributed by atoms with van der Waals surface area (Å²) in [5.74, 6) is 0.635. The van der Waals surface area contributed by atoms with Crippen LogP contribution in [-0.2, 0) is 4.75 Å². The lowest BCUT2D eigenvalue weighted by Gasteiger charge is -2.35. The van der Waals surface area contributed by atoms with Crippen LogP contribution in [0.1, 0.15) is 23.1 Å². The van der Waals surface area contributed by atoms with Crippen LogP contribution in [-0.4, -0.2) is 22.3 Å². The first-order valence-electron chi connectivity index (χ1n) is 8.40. The van der Waals surface area contributed by atoms with Gasteiger partial charge in [0.1, 0.15) is 0 Å². The SMILES string of the molecule is OC(O)CCSC(c1ccccc1)(c1ccccc1)c1ccccc1. The minimum absolute atomic E-state index is 0.332. The number of hydrogen-bond donors (Lipinski definition) is 2. The van der Waals surface area contributed by atoms with Gasteiger partial charge in [-0.15, -0.1) is 11.8 Å². The van der Waals surface area contributed by atoms with E-state index in [-0.39, 0.29) is 0 Å². The predicted molar refractivity (Wildman–Crippen MR) is 105 cm³/mol. The van der Waals surface area contributed by atoms with Crippen molar-refractivity contribution in [2.75, 3.05) is 5.75 Å². The van der Waals surface area contributed by atoms with Crippen LogP contribution in [0.2, 0.25) is 0 Å². The average Bonchev–Trinajstić information content (AvgIpc) is 2.67. The van der Waals surface area contributed by atoms with E-state index in [0.29, 0.717) is 12.2 Å². The van der Waals surface area contributed by atoms with Gasteiger partial charge in [0.25, 0.3) is 0 Å². The summed E-state index contributed by atoms with van der Waals surface area (Å²) in [5, 5.41) is 18.6. The summed E-state index contributed by atoms with van der Waals surface area (Å²) in [6, 6.07) is 31.2. The predicted octanol–water partition coefficient (Wildman–Crippen LogP) is 4.41. The molecule has 3 aromatic carbocycles. The topological polar surface area (TPSA) is 40.5 Å². The lowest BCUT2D eigenvalue weighted by molar-refractivity contribution is -0.0404. The van der Waals surface area contributed by atoms with Gasteiger partial charge in [0.2, 0.25) is 0 Å². The minimum atomic E-state index is -1.28. The van der Waals surface area contributed by atoms with Crippen molar-refractivity contribution in [3.63, 3.8) is 0 Å². The Bertz CT molecular complexity index is 661. The van der Waals surface area contributed by atoms with Crippen molar-refractivity contribution in [2.45, 2.75) is 17.5 Å². The molecule has 0 spiro atoms. The summed E-state index contributed by atoms with van der Waals surface area (Å²) in [5.41, 5.74) is 3.56. The molecule has 0 radical (unpaired) electrons. The van der Waals surface area contributed by atoms with Gasteiger partial charge in [0.15, 0.2) is 6.29 Å². The fraction of sp³-hybridized carbons (Fsp3) is 0.182. The lowest BCUT2D eigenvalue weighted by Crippen LogP contribution is -2.26. The molecule has 0 aromatic heterocycles. The standard InChI is InChI=1S/C22H22O2S/c23-21(24)16-17-25-22(18-10-4-1-5-11-18,19-12-6-2-7-13-19)20-14-8-3-9-15-20/h1-15,21,23-24H,16-17H2. The zero-order valence-corrected chi connectivity index (χ0v) is 14.8. The maximum absolute atomic E-state index is 9.30. The smallest absolute Gasteiger partial charge is 0.152 e. The highest BCUT2D eigenvalue weighted by Gasteiger charge is 2.36. The highest BCUT2D eigenvalue weighted by Crippen LogP contribution is 2.48. The fourth-order valence-corrected chi connectivity index (χ4v) is 4.63. The third-order valence-corrected chi connectivity index (χ3v) is 5.82. The Morgan fingerprint density at radius 1 is 0.640 bits per heavy atom. The quantitative estimate of drug-likeness (QED) is 0.490. The van der Waals surface area contributed by atoms with Gasteiger partial charge >= 0.3 is 0 Å². The van der Waals surface area contributed by atoms with E-state index < -0.39 is 11.0 Å². The van der Waals surface area contributed by atoms with Crippen LogP contribution in [0.25, 0.3) is 0 Å². The molecule has 2 N–H and O–H groups in total. The molecule has 0 atom stereocenters. The van der Waals surface area contributed by atoms with Gasteiger partial charge in [0.05, 0.1) is 4.75 Å². The lowest BCUT2D eigenvalue weighted by atomic mass is 9.84. The molecule has 0 saturated heterocycles. The summed E-state index contributed by atoms with van der Waals surface area (Å²) >= 11 is 1.74. The third kappa shape index (κ3) is 3.96. The second-order valence-corrected chi connectivity index (χ2v) is 7.21. The van der Waals surface area contributed by atoms with Gasteiger partial charge < -0.3 is 10.2 Å². The molecule has 2 nitrogen and oxygen atoms in total. The van der Waals surface area contributed by atoms with Crippen molar-refractivity contribution < 1.29 is 10.2 Å². The first kappa shape index (κ1) is 17.7. The number of benzene rings is 3. The van der Waals surface area contributed by atoms with E-state index in [1.165, 1.54) is 16.7 Å². The highest BCUT2D eigenvalue weighted by atomic mass is 32.2. The molecule has 0 amide bonds. The van der Waals surface area contributed by atoms with Crippen molar-refractivity contribution in [2.24, 2.45) is 0 Å². The Labute approximate surface area is 153 Å². The molecule has 3 aromatic rings. The maximum atomic E-state index is 9.30. The summed E-state index contributed by atoms with van der Waals surface area (Å²) in [6.07, 6.45) is -0.952. The molecular formula is C22H22O2S. The Balaban J connectivity index is 2.16. The van der Waals surface area contributed by atoms with Gasteiger partial charge in [-0.05, 0) is 22.4 Å². The number of aliphatic hydroxyl groups is 2. The van der Waals surface area contributed by atoms with Gasteiger partial charge in [0, 0.05) is 6.42 Å². The van der Waals surface area contributed by atoms with Crippen molar-refractivity contribution in [3.05, 3.63) is 108 Å². The van der Waals surface area contributed by atoms with Crippen LogP contribution in [0.3, 0.4) is 0 Å². The number of rotatable bonds is 7. The zero-order valence-electron chi connectivity index (χ0n) is 14.0. The molecular weight excluding hydrogens is 328 g/mol. The summed E-state index contributed by atoms with van der Waals surface area (Å²) in [4.78, 5) is 0. The van der Waals surface area contributed by atoms with E-state index in [0.717, 1.165) is 0 Å². The largest absolute Gasteiger partial charge is 0.368 e. The van der Waals surface area contributed by atoms with Gasteiger partial charge in [-0.2, -0.15) is 0 Å². The van der Waals surface area contributed by atoms with E-state index in [2.05, 4.69) is 72.8 Å². The molecule has 3 rings (SSSR count). The minimum Gasteiger partial charge on any atom is -0.368 e. The number of hydrogen-bond acceptors (Lipinski definition) is 3.